The minimum atomic E-state index is -4.14. The van der Waals surface area contributed by atoms with Gasteiger partial charge in [-0.25, -0.2) is 0 Å². The van der Waals surface area contributed by atoms with Crippen molar-refractivity contribution in [1.82, 2.24) is 4.98 Å². The van der Waals surface area contributed by atoms with Gasteiger partial charge in [-0.1, -0.05) is 0 Å². The van der Waals surface area contributed by atoms with Gasteiger partial charge in [-0.3, -0.25) is 4.55 Å². The van der Waals surface area contributed by atoms with Crippen LogP contribution in [0.4, 0.5) is 0 Å². The number of hydrogen-bond acceptors (Lipinski definition) is 4. The van der Waals surface area contributed by atoms with Crippen LogP contribution in [-0.2, 0) is 10.1 Å². The molecule has 2 rings (SSSR count). The summed E-state index contributed by atoms with van der Waals surface area (Å²) in [5.74, 6) is 0. The predicted octanol–water partition coefficient (Wildman–Crippen LogP) is 0.745. The number of fused-ring (bicyclic) bond motifs is 1. The van der Waals surface area contributed by atoms with Crippen molar-refractivity contribution in [3.8, 4) is 0 Å². The van der Waals surface area contributed by atoms with Crippen LogP contribution >= 0.6 is 11.3 Å². The van der Waals surface area contributed by atoms with E-state index in [1.165, 1.54) is 6.20 Å². The first kappa shape index (κ1) is 10.5. The van der Waals surface area contributed by atoms with Gasteiger partial charge in [0.15, 0.2) is 9.90 Å². The molecule has 0 aliphatic heterocycles. The van der Waals surface area contributed by atoms with Crippen LogP contribution in [0.2, 0.25) is 0 Å². The van der Waals surface area contributed by atoms with Crippen LogP contribution in [-0.4, -0.2) is 18.0 Å². The molecule has 2 aromatic heterocycles. The molecular formula is C8H9N2O3S2+. The molecule has 0 aliphatic rings. The van der Waals surface area contributed by atoms with Gasteiger partial charge in [-0.2, -0.15) is 12.8 Å². The van der Waals surface area contributed by atoms with Crippen molar-refractivity contribution in [1.29, 1.82) is 0 Å². The molecular weight excluding hydrogens is 236 g/mol. The highest BCUT2D eigenvalue weighted by Crippen LogP contribution is 2.17. The lowest BCUT2D eigenvalue weighted by Gasteiger charge is -1.89. The van der Waals surface area contributed by atoms with Crippen molar-refractivity contribution < 1.29 is 17.4 Å². The Bertz CT molecular complexity index is 631. The summed E-state index contributed by atoms with van der Waals surface area (Å²) in [6, 6.07) is 1.84. The normalized spacial score (nSPS) is 12.2. The molecule has 0 atom stereocenters. The molecule has 0 unspecified atom stereocenters. The quantitative estimate of drug-likeness (QED) is 0.594. The lowest BCUT2D eigenvalue weighted by molar-refractivity contribution is -0.519. The molecule has 0 aliphatic carbocycles. The van der Waals surface area contributed by atoms with E-state index < -0.39 is 10.1 Å². The van der Waals surface area contributed by atoms with E-state index in [-0.39, 0.29) is 4.21 Å². The Morgan fingerprint density at radius 3 is 2.73 bits per heavy atom. The molecule has 0 fully saturated rings. The van der Waals surface area contributed by atoms with Gasteiger partial charge in [-0.15, -0.1) is 0 Å². The summed E-state index contributed by atoms with van der Waals surface area (Å²) in [6.07, 6.45) is 1.37. The monoisotopic (exact) mass is 245 g/mol. The third-order valence-corrected chi connectivity index (χ3v) is 4.23. The lowest BCUT2D eigenvalue weighted by Crippen LogP contribution is -2.23. The lowest BCUT2D eigenvalue weighted by atomic mass is 10.3. The molecule has 0 bridgehead atoms. The van der Waals surface area contributed by atoms with Gasteiger partial charge in [0.2, 0.25) is 0 Å². The summed E-state index contributed by atoms with van der Waals surface area (Å²) in [5.41, 5.74) is 1.69. The van der Waals surface area contributed by atoms with Crippen LogP contribution in [0.15, 0.2) is 16.5 Å². The first-order valence-corrected chi connectivity index (χ1v) is 6.40. The van der Waals surface area contributed by atoms with Crippen LogP contribution in [0.1, 0.15) is 11.4 Å². The number of thiazole rings is 1. The van der Waals surface area contributed by atoms with E-state index in [0.717, 1.165) is 22.7 Å². The van der Waals surface area contributed by atoms with Gasteiger partial charge >= 0.3 is 15.1 Å². The second-order valence-electron chi connectivity index (χ2n) is 3.22. The Morgan fingerprint density at radius 1 is 1.47 bits per heavy atom. The zero-order valence-corrected chi connectivity index (χ0v) is 9.76. The fraction of sp³-hybridized carbons (Fsp3) is 0.250. The number of aryl methyl sites for hydroxylation is 2. The average Bonchev–Trinajstić information content (AvgIpc) is 2.46. The predicted molar refractivity (Wildman–Crippen MR) is 54.6 cm³/mol. The summed E-state index contributed by atoms with van der Waals surface area (Å²) in [7, 11) is -4.14. The molecule has 0 amide bonds. The van der Waals surface area contributed by atoms with E-state index in [2.05, 4.69) is 4.98 Å². The summed E-state index contributed by atoms with van der Waals surface area (Å²) in [4.78, 5) is 4.73. The molecule has 0 saturated heterocycles. The fourth-order valence-corrected chi connectivity index (χ4v) is 3.04. The van der Waals surface area contributed by atoms with E-state index in [9.17, 15) is 8.42 Å². The van der Waals surface area contributed by atoms with Gasteiger partial charge in [0.1, 0.15) is 11.9 Å². The molecule has 2 heterocycles. The summed E-state index contributed by atoms with van der Waals surface area (Å²) < 4.78 is 32.3. The standard InChI is InChI=1S/C8H8N2O3S2/c1-5-3-6(2)10-4-7(15(11,12)13)14-8(10)9-5/h3-4H,1-2H3/p+1. The summed E-state index contributed by atoms with van der Waals surface area (Å²) in [5, 5.41) is 0. The minimum absolute atomic E-state index is 0.0938. The van der Waals surface area contributed by atoms with Crippen LogP contribution in [0.5, 0.6) is 0 Å². The average molecular weight is 245 g/mol. The number of rotatable bonds is 1. The van der Waals surface area contributed by atoms with Gasteiger partial charge in [0.05, 0.1) is 0 Å². The zero-order chi connectivity index (χ0) is 11.2. The van der Waals surface area contributed by atoms with E-state index >= 15 is 0 Å². The van der Waals surface area contributed by atoms with Crippen molar-refractivity contribution in [2.45, 2.75) is 18.1 Å². The Labute approximate surface area is 90.8 Å². The topological polar surface area (TPSA) is 71.4 Å². The third-order valence-electron chi connectivity index (χ3n) is 1.96. The minimum Gasteiger partial charge on any atom is -0.281 e. The first-order chi connectivity index (χ1) is 6.88. The maximum Gasteiger partial charge on any atom is 0.388 e. The fourth-order valence-electron chi connectivity index (χ4n) is 1.33. The number of aromatic nitrogens is 2. The molecule has 15 heavy (non-hydrogen) atoms. The SMILES string of the molecule is Cc1cc(C)[n+]2cc(S(=O)(=O)O)sc2n1. The third kappa shape index (κ3) is 1.85. The van der Waals surface area contributed by atoms with Gasteiger partial charge < -0.3 is 0 Å². The van der Waals surface area contributed by atoms with Gasteiger partial charge in [0, 0.05) is 13.0 Å². The number of hydrogen-bond donors (Lipinski definition) is 1. The molecule has 2 aromatic rings. The van der Waals surface area contributed by atoms with Crippen molar-refractivity contribution in [3.63, 3.8) is 0 Å². The Balaban J connectivity index is 2.82. The molecule has 1 N–H and O–H groups in total. The van der Waals surface area contributed by atoms with Crippen LogP contribution < -0.4 is 4.40 Å². The molecule has 80 valence electrons. The molecule has 0 radical (unpaired) electrons. The van der Waals surface area contributed by atoms with E-state index in [4.69, 9.17) is 4.55 Å². The highest BCUT2D eigenvalue weighted by molar-refractivity contribution is 7.88. The Morgan fingerprint density at radius 2 is 2.13 bits per heavy atom. The highest BCUT2D eigenvalue weighted by atomic mass is 32.3. The van der Waals surface area contributed by atoms with Crippen molar-refractivity contribution >= 4 is 26.4 Å². The van der Waals surface area contributed by atoms with E-state index in [1.54, 1.807) is 4.40 Å². The molecule has 5 nitrogen and oxygen atoms in total. The first-order valence-electron chi connectivity index (χ1n) is 4.15. The summed E-state index contributed by atoms with van der Waals surface area (Å²) >= 11 is 0.946. The van der Waals surface area contributed by atoms with Crippen molar-refractivity contribution in [2.75, 3.05) is 0 Å². The molecule has 0 spiro atoms. The van der Waals surface area contributed by atoms with Crippen LogP contribution in [0, 0.1) is 13.8 Å². The Hall–Kier alpha value is -1.05. The van der Waals surface area contributed by atoms with Gasteiger partial charge in [-0.05, 0) is 23.2 Å². The summed E-state index contributed by atoms with van der Waals surface area (Å²) in [6.45, 7) is 3.68. The molecule has 0 aromatic carbocycles. The molecule has 0 saturated carbocycles. The second-order valence-corrected chi connectivity index (χ2v) is 5.87. The smallest absolute Gasteiger partial charge is 0.281 e. The van der Waals surface area contributed by atoms with Crippen LogP contribution in [0.25, 0.3) is 4.96 Å². The maximum absolute atomic E-state index is 10.9. The second kappa shape index (κ2) is 3.22. The van der Waals surface area contributed by atoms with E-state index in [0.29, 0.717) is 4.96 Å². The van der Waals surface area contributed by atoms with Gasteiger partial charge in [0.25, 0.3) is 0 Å². The maximum atomic E-state index is 10.9. The highest BCUT2D eigenvalue weighted by Gasteiger charge is 2.21. The van der Waals surface area contributed by atoms with Crippen molar-refractivity contribution in [3.05, 3.63) is 23.7 Å². The van der Waals surface area contributed by atoms with E-state index in [1.807, 2.05) is 19.9 Å². The van der Waals surface area contributed by atoms with Crippen LogP contribution in [0.3, 0.4) is 0 Å². The van der Waals surface area contributed by atoms with Crippen molar-refractivity contribution in [2.24, 2.45) is 0 Å². The largest absolute Gasteiger partial charge is 0.388 e. The zero-order valence-electron chi connectivity index (χ0n) is 8.13. The molecule has 7 heteroatoms. The Kier molecular flexibility index (Phi) is 2.25. The number of nitrogens with zero attached hydrogens (tertiary/aromatic N) is 2.